The number of amides is 1. The zero-order valence-electron chi connectivity index (χ0n) is 31.6. The number of nitrogens with one attached hydrogen (secondary N) is 2. The highest BCUT2D eigenvalue weighted by Crippen LogP contribution is 2.72. The molecule has 6 aromatic rings. The molecule has 2 aromatic carbocycles. The van der Waals surface area contributed by atoms with E-state index in [4.69, 9.17) is 14.8 Å². The number of aromatic nitrogens is 5. The minimum Gasteiger partial charge on any atom is -0.476 e. The maximum absolute atomic E-state index is 13.6. The van der Waals surface area contributed by atoms with Gasteiger partial charge in [-0.1, -0.05) is 49.4 Å². The van der Waals surface area contributed by atoms with E-state index in [2.05, 4.69) is 39.1 Å². The van der Waals surface area contributed by atoms with Crippen LogP contribution in [-0.2, 0) is 11.3 Å². The van der Waals surface area contributed by atoms with Crippen molar-refractivity contribution in [1.29, 1.82) is 0 Å². The summed E-state index contributed by atoms with van der Waals surface area (Å²) in [6.45, 7) is 9.27. The van der Waals surface area contributed by atoms with E-state index in [1.165, 1.54) is 17.8 Å². The second-order valence-corrected chi connectivity index (χ2v) is 18.0. The fourth-order valence-corrected chi connectivity index (χ4v) is 12.1. The monoisotopic (exact) mass is 755 g/mol. The number of carbonyl (C=O) groups is 2. The molecule has 4 aromatic heterocycles. The lowest BCUT2D eigenvalue weighted by Gasteiger charge is -2.69. The molecule has 11 nitrogen and oxygen atoms in total. The molecule has 282 valence electrons. The summed E-state index contributed by atoms with van der Waals surface area (Å²) >= 11 is 1.32. The molecule has 12 heteroatoms. The minimum absolute atomic E-state index is 0.0394. The van der Waals surface area contributed by atoms with Gasteiger partial charge in [-0.3, -0.25) is 14.8 Å². The van der Waals surface area contributed by atoms with E-state index < -0.39 is 5.97 Å². The number of pyridine rings is 2. The molecule has 3 N–H and O–H groups in total. The van der Waals surface area contributed by atoms with Crippen molar-refractivity contribution in [2.45, 2.75) is 71.4 Å². The summed E-state index contributed by atoms with van der Waals surface area (Å²) in [5.41, 5.74) is 4.98. The van der Waals surface area contributed by atoms with Gasteiger partial charge in [0.15, 0.2) is 10.8 Å². The van der Waals surface area contributed by atoms with Crippen molar-refractivity contribution < 1.29 is 19.4 Å². The topological polar surface area (TPSA) is 144 Å². The molecule has 2 atom stereocenters. The molecule has 4 aliphatic carbocycles. The fraction of sp³-hybridized carbons (Fsp3) is 0.395. The van der Waals surface area contributed by atoms with Crippen LogP contribution in [0, 0.1) is 23.2 Å². The summed E-state index contributed by atoms with van der Waals surface area (Å²) in [5.74, 6) is -1.41. The van der Waals surface area contributed by atoms with Gasteiger partial charge in [0, 0.05) is 47.2 Å². The van der Waals surface area contributed by atoms with Crippen LogP contribution in [0.3, 0.4) is 0 Å². The van der Waals surface area contributed by atoms with Crippen LogP contribution in [0.1, 0.15) is 78.9 Å². The molecular formula is C43H45N7O4S. The molecule has 4 saturated carbocycles. The highest BCUT2D eigenvalue weighted by molar-refractivity contribution is 7.22. The Balaban J connectivity index is 1.01. The maximum atomic E-state index is 13.6. The van der Waals surface area contributed by atoms with Crippen LogP contribution in [0.2, 0.25) is 0 Å². The quantitative estimate of drug-likeness (QED) is 0.111. The first kappa shape index (κ1) is 35.6. The lowest BCUT2D eigenvalue weighted by atomic mass is 9.39. The highest BCUT2D eigenvalue weighted by atomic mass is 32.1. The van der Waals surface area contributed by atoms with E-state index in [-0.39, 0.29) is 33.4 Å². The Morgan fingerprint density at radius 2 is 1.76 bits per heavy atom. The van der Waals surface area contributed by atoms with Gasteiger partial charge in [0.1, 0.15) is 10.3 Å². The summed E-state index contributed by atoms with van der Waals surface area (Å²) in [5, 5.41) is 23.6. The van der Waals surface area contributed by atoms with E-state index in [1.54, 1.807) is 18.5 Å². The molecule has 0 aliphatic heterocycles. The smallest absolute Gasteiger partial charge is 0.355 e. The molecule has 4 fully saturated rings. The van der Waals surface area contributed by atoms with Crippen LogP contribution in [-0.4, -0.2) is 67.5 Å². The van der Waals surface area contributed by atoms with Crippen molar-refractivity contribution in [3.63, 3.8) is 0 Å². The summed E-state index contributed by atoms with van der Waals surface area (Å²) in [6.07, 6.45) is 10.3. The average molecular weight is 756 g/mol. The number of carboxylic acid groups (broad SMARTS) is 1. The first-order valence-electron chi connectivity index (χ1n) is 19.0. The first-order valence-corrected chi connectivity index (χ1v) is 19.8. The molecule has 4 heterocycles. The van der Waals surface area contributed by atoms with Crippen LogP contribution in [0.4, 0.5) is 5.13 Å². The third kappa shape index (κ3) is 6.39. The molecule has 55 heavy (non-hydrogen) atoms. The second kappa shape index (κ2) is 13.0. The van der Waals surface area contributed by atoms with E-state index >= 15 is 0 Å². The number of aromatic carboxylic acids is 1. The Kier molecular flexibility index (Phi) is 8.45. The Hall–Kier alpha value is -5.04. The summed E-state index contributed by atoms with van der Waals surface area (Å²) < 4.78 is 8.85. The van der Waals surface area contributed by atoms with Crippen LogP contribution < -0.4 is 10.6 Å². The molecule has 4 aliphatic rings. The molecule has 2 unspecified atom stereocenters. The predicted molar refractivity (Wildman–Crippen MR) is 214 cm³/mol. The van der Waals surface area contributed by atoms with Gasteiger partial charge in [0.25, 0.3) is 5.91 Å². The largest absolute Gasteiger partial charge is 0.476 e. The SMILES string of the molecule is CNCCOC12CC3(C)CC(C)(CC(Cn4ncc(-c5ccc(-c6ccc7cccc(C(=O)Nc8nc9cccnc9s8)c7c6)nc5C(=O)O)c4C)(C3)C1)C2. The predicted octanol–water partition coefficient (Wildman–Crippen LogP) is 8.38. The van der Waals surface area contributed by atoms with Gasteiger partial charge < -0.3 is 15.2 Å². The van der Waals surface area contributed by atoms with Gasteiger partial charge in [-0.25, -0.2) is 19.7 Å². The zero-order chi connectivity index (χ0) is 38.2. The van der Waals surface area contributed by atoms with E-state index in [0.717, 1.165) is 77.6 Å². The molecular weight excluding hydrogens is 711 g/mol. The summed E-state index contributed by atoms with van der Waals surface area (Å²) in [4.78, 5) is 40.7. The number of benzene rings is 2. The number of fused-ring (bicyclic) bond motifs is 2. The molecule has 4 bridgehead atoms. The number of thiazole rings is 1. The molecule has 1 amide bonds. The average Bonchev–Trinajstić information content (AvgIpc) is 3.71. The number of anilines is 1. The maximum Gasteiger partial charge on any atom is 0.355 e. The minimum atomic E-state index is -1.11. The van der Waals surface area contributed by atoms with Crippen molar-refractivity contribution in [2.75, 3.05) is 25.5 Å². The lowest BCUT2D eigenvalue weighted by Crippen LogP contribution is -2.64. The van der Waals surface area contributed by atoms with E-state index in [9.17, 15) is 14.7 Å². The summed E-state index contributed by atoms with van der Waals surface area (Å²) in [7, 11) is 1.97. The van der Waals surface area contributed by atoms with E-state index in [0.29, 0.717) is 34.1 Å². The number of carboxylic acids is 1. The van der Waals surface area contributed by atoms with Crippen molar-refractivity contribution in [1.82, 2.24) is 30.0 Å². The van der Waals surface area contributed by atoms with Gasteiger partial charge in [-0.15, -0.1) is 0 Å². The normalized spacial score (nSPS) is 25.5. The van der Waals surface area contributed by atoms with Crippen molar-refractivity contribution >= 4 is 49.5 Å². The number of carbonyl (C=O) groups excluding carboxylic acids is 1. The van der Waals surface area contributed by atoms with Crippen LogP contribution >= 0.6 is 11.3 Å². The molecule has 0 radical (unpaired) electrons. The Bertz CT molecular complexity index is 2460. The number of ether oxygens (including phenoxy) is 1. The number of hydrogen-bond acceptors (Lipinski definition) is 9. The third-order valence-corrected chi connectivity index (χ3v) is 13.1. The van der Waals surface area contributed by atoms with Crippen LogP contribution in [0.5, 0.6) is 0 Å². The van der Waals surface area contributed by atoms with Crippen molar-refractivity contribution in [2.24, 2.45) is 16.2 Å². The van der Waals surface area contributed by atoms with Gasteiger partial charge in [-0.05, 0) is 116 Å². The molecule has 10 rings (SSSR count). The standard InChI is InChI=1S/C43H45N7O4S/c1-26-32(18-46-50(26)25-42-20-40(2)19-41(3,21-42)23-43(22-40,24-42)54-16-15-44-4)29-12-13-33(47-35(29)38(52)53)28-11-10-27-7-5-8-30(31(27)17-28)36(51)49-39-48-34-9-6-14-45-37(34)55-39/h5-14,17-18,44H,15-16,19-25H2,1-4H3,(H,52,53)(H,48,49,51). The lowest BCUT2D eigenvalue weighted by molar-refractivity contribution is -0.247. The third-order valence-electron chi connectivity index (χ3n) is 12.2. The van der Waals surface area contributed by atoms with Gasteiger partial charge in [0.2, 0.25) is 0 Å². The fourth-order valence-electron chi connectivity index (χ4n) is 11.3. The number of nitrogens with zero attached hydrogens (tertiary/aromatic N) is 5. The van der Waals surface area contributed by atoms with Crippen LogP contribution in [0.15, 0.2) is 73.1 Å². The van der Waals surface area contributed by atoms with E-state index in [1.807, 2.05) is 68.6 Å². The summed E-state index contributed by atoms with van der Waals surface area (Å²) in [6, 6.07) is 18.6. The Labute approximate surface area is 323 Å². The van der Waals surface area contributed by atoms with Crippen molar-refractivity contribution in [3.8, 4) is 22.4 Å². The van der Waals surface area contributed by atoms with Gasteiger partial charge in [-0.2, -0.15) is 5.10 Å². The number of hydrogen-bond donors (Lipinski definition) is 3. The van der Waals surface area contributed by atoms with Crippen molar-refractivity contribution in [3.05, 3.63) is 90.0 Å². The zero-order valence-corrected chi connectivity index (χ0v) is 32.4. The van der Waals surface area contributed by atoms with Crippen LogP contribution in [0.25, 0.3) is 43.5 Å². The van der Waals surface area contributed by atoms with Gasteiger partial charge in [0.05, 0.1) is 24.1 Å². The molecule has 0 saturated heterocycles. The number of rotatable bonds is 11. The second-order valence-electron chi connectivity index (χ2n) is 17.1. The highest BCUT2D eigenvalue weighted by Gasteiger charge is 2.66. The Morgan fingerprint density at radius 3 is 2.53 bits per heavy atom. The number of likely N-dealkylation sites (N-methyl/N-ethyl adjacent to an activating group) is 1. The molecule has 0 spiro atoms. The van der Waals surface area contributed by atoms with Gasteiger partial charge >= 0.3 is 5.97 Å². The Morgan fingerprint density at radius 1 is 0.945 bits per heavy atom. The first-order chi connectivity index (χ1) is 26.4.